The molecule has 0 fully saturated rings. The Balaban J connectivity index is 1.98. The first-order valence-electron chi connectivity index (χ1n) is 7.48. The molecule has 112 valence electrons. The first-order valence-corrected chi connectivity index (χ1v) is 7.48. The van der Waals surface area contributed by atoms with Crippen molar-refractivity contribution in [3.63, 3.8) is 0 Å². The zero-order valence-electron chi connectivity index (χ0n) is 12.3. The highest BCUT2D eigenvalue weighted by atomic mass is 16.5. The van der Waals surface area contributed by atoms with Crippen LogP contribution in [0.2, 0.25) is 0 Å². The summed E-state index contributed by atoms with van der Waals surface area (Å²) in [6.45, 7) is 2.61. The molecule has 2 rings (SSSR count). The lowest BCUT2D eigenvalue weighted by Gasteiger charge is -2.08. The van der Waals surface area contributed by atoms with Crippen LogP contribution in [0.3, 0.4) is 0 Å². The minimum Gasteiger partial charge on any atom is -0.506 e. The van der Waals surface area contributed by atoms with Gasteiger partial charge in [-0.1, -0.05) is 38.7 Å². The van der Waals surface area contributed by atoms with E-state index in [1.807, 2.05) is 0 Å². The maximum atomic E-state index is 12.1. The summed E-state index contributed by atoms with van der Waals surface area (Å²) in [6, 6.07) is 6.56. The molecular weight excluding hydrogens is 266 g/mol. The Bertz CT molecular complexity index is 610. The van der Waals surface area contributed by atoms with Crippen molar-refractivity contribution in [2.45, 2.75) is 39.0 Å². The van der Waals surface area contributed by atoms with Crippen molar-refractivity contribution in [1.29, 1.82) is 0 Å². The molecule has 1 aromatic heterocycles. The second-order valence-corrected chi connectivity index (χ2v) is 5.08. The lowest BCUT2D eigenvalue weighted by molar-refractivity contribution is 0.0500. The largest absolute Gasteiger partial charge is 0.506 e. The Kier molecular flexibility index (Phi) is 5.55. The summed E-state index contributed by atoms with van der Waals surface area (Å²) in [5.41, 5.74) is 0.874. The maximum Gasteiger partial charge on any atom is 0.338 e. The number of phenols is 1. The van der Waals surface area contributed by atoms with Crippen LogP contribution >= 0.6 is 0 Å². The summed E-state index contributed by atoms with van der Waals surface area (Å²) >= 11 is 0. The van der Waals surface area contributed by atoms with Crippen LogP contribution in [0.4, 0.5) is 0 Å². The van der Waals surface area contributed by atoms with Gasteiger partial charge in [-0.05, 0) is 24.6 Å². The van der Waals surface area contributed by atoms with Gasteiger partial charge in [0.2, 0.25) is 0 Å². The van der Waals surface area contributed by atoms with E-state index in [0.717, 1.165) is 12.8 Å². The number of pyridine rings is 1. The van der Waals surface area contributed by atoms with Gasteiger partial charge < -0.3 is 9.84 Å². The second-order valence-electron chi connectivity index (χ2n) is 5.08. The summed E-state index contributed by atoms with van der Waals surface area (Å²) < 4.78 is 5.31. The topological polar surface area (TPSA) is 59.4 Å². The first kappa shape index (κ1) is 15.3. The predicted octanol–water partition coefficient (Wildman–Crippen LogP) is 4.07. The number of phenolic OH excluding ortho intramolecular Hbond substituents is 1. The number of hydrogen-bond acceptors (Lipinski definition) is 4. The van der Waals surface area contributed by atoms with E-state index in [0.29, 0.717) is 23.1 Å². The molecule has 1 aromatic carbocycles. The number of unbranched alkanes of at least 4 members (excludes halogenated alkanes) is 4. The molecule has 21 heavy (non-hydrogen) atoms. The van der Waals surface area contributed by atoms with E-state index < -0.39 is 0 Å². The van der Waals surface area contributed by atoms with E-state index in [2.05, 4.69) is 11.9 Å². The highest BCUT2D eigenvalue weighted by molar-refractivity contribution is 6.04. The van der Waals surface area contributed by atoms with Crippen LogP contribution < -0.4 is 0 Å². The molecule has 0 aliphatic carbocycles. The number of aromatic hydroxyl groups is 1. The minimum atomic E-state index is -0.358. The number of nitrogens with zero attached hydrogens (tertiary/aromatic N) is 1. The monoisotopic (exact) mass is 287 g/mol. The second kappa shape index (κ2) is 7.62. The molecule has 0 spiro atoms. The van der Waals surface area contributed by atoms with Crippen LogP contribution in [-0.2, 0) is 4.74 Å². The third-order valence-electron chi connectivity index (χ3n) is 3.45. The van der Waals surface area contributed by atoms with Crippen molar-refractivity contribution in [3.05, 3.63) is 36.0 Å². The minimum absolute atomic E-state index is 0.0710. The highest BCUT2D eigenvalue weighted by Gasteiger charge is 2.13. The third kappa shape index (κ3) is 3.94. The fraction of sp³-hybridized carbons (Fsp3) is 0.412. The van der Waals surface area contributed by atoms with Gasteiger partial charge in [-0.25, -0.2) is 4.79 Å². The van der Waals surface area contributed by atoms with Crippen LogP contribution in [-0.4, -0.2) is 22.7 Å². The summed E-state index contributed by atoms with van der Waals surface area (Å²) in [4.78, 5) is 16.2. The van der Waals surface area contributed by atoms with Gasteiger partial charge in [0.15, 0.2) is 0 Å². The molecule has 0 bridgehead atoms. The van der Waals surface area contributed by atoms with Gasteiger partial charge in [0.05, 0.1) is 12.2 Å². The zero-order valence-corrected chi connectivity index (χ0v) is 12.3. The average molecular weight is 287 g/mol. The van der Waals surface area contributed by atoms with Crippen molar-refractivity contribution >= 4 is 16.9 Å². The standard InChI is InChI=1S/C17H21NO3/c1-2-3-4-5-6-12-21-17(20)14-9-10-15(19)16-13(14)8-7-11-18-16/h7-11,19H,2-6,12H2,1H3. The van der Waals surface area contributed by atoms with Gasteiger partial charge >= 0.3 is 5.97 Å². The number of rotatable bonds is 7. The van der Waals surface area contributed by atoms with Gasteiger partial charge in [0.25, 0.3) is 0 Å². The van der Waals surface area contributed by atoms with E-state index in [1.165, 1.54) is 25.3 Å². The molecule has 0 radical (unpaired) electrons. The molecule has 0 aliphatic rings. The number of esters is 1. The summed E-state index contributed by atoms with van der Waals surface area (Å²) in [6.07, 6.45) is 7.17. The van der Waals surface area contributed by atoms with Crippen molar-refractivity contribution in [3.8, 4) is 5.75 Å². The Morgan fingerprint density at radius 2 is 2.00 bits per heavy atom. The number of fused-ring (bicyclic) bond motifs is 1. The quantitative estimate of drug-likeness (QED) is 0.616. The van der Waals surface area contributed by atoms with Crippen LogP contribution in [0.5, 0.6) is 5.75 Å². The fourth-order valence-electron chi connectivity index (χ4n) is 2.28. The Morgan fingerprint density at radius 3 is 2.81 bits per heavy atom. The van der Waals surface area contributed by atoms with Gasteiger partial charge in [-0.2, -0.15) is 0 Å². The summed E-state index contributed by atoms with van der Waals surface area (Å²) in [7, 11) is 0. The molecule has 0 atom stereocenters. The van der Waals surface area contributed by atoms with Crippen molar-refractivity contribution in [1.82, 2.24) is 4.98 Å². The lowest BCUT2D eigenvalue weighted by atomic mass is 10.1. The Hall–Kier alpha value is -2.10. The lowest BCUT2D eigenvalue weighted by Crippen LogP contribution is -2.07. The van der Waals surface area contributed by atoms with Gasteiger partial charge in [-0.15, -0.1) is 0 Å². The molecule has 2 aromatic rings. The predicted molar refractivity (Wildman–Crippen MR) is 82.4 cm³/mol. The molecule has 1 N–H and O–H groups in total. The van der Waals surface area contributed by atoms with Crippen LogP contribution in [0, 0.1) is 0 Å². The van der Waals surface area contributed by atoms with E-state index in [-0.39, 0.29) is 11.7 Å². The Labute approximate surface area is 124 Å². The van der Waals surface area contributed by atoms with Gasteiger partial charge in [0.1, 0.15) is 11.3 Å². The molecular formula is C17H21NO3. The highest BCUT2D eigenvalue weighted by Crippen LogP contribution is 2.25. The number of benzene rings is 1. The molecule has 4 heteroatoms. The smallest absolute Gasteiger partial charge is 0.338 e. The zero-order chi connectivity index (χ0) is 15.1. The molecule has 0 saturated carbocycles. The van der Waals surface area contributed by atoms with Crippen molar-refractivity contribution in [2.24, 2.45) is 0 Å². The van der Waals surface area contributed by atoms with Crippen molar-refractivity contribution < 1.29 is 14.6 Å². The molecule has 0 unspecified atom stereocenters. The number of carbonyl (C=O) groups excluding carboxylic acids is 1. The normalized spacial score (nSPS) is 10.7. The van der Waals surface area contributed by atoms with E-state index >= 15 is 0 Å². The van der Waals surface area contributed by atoms with Crippen LogP contribution in [0.15, 0.2) is 30.5 Å². The number of ether oxygens (including phenoxy) is 1. The number of hydrogen-bond donors (Lipinski definition) is 1. The number of carbonyl (C=O) groups is 1. The van der Waals surface area contributed by atoms with Gasteiger partial charge in [0, 0.05) is 11.6 Å². The average Bonchev–Trinajstić information content (AvgIpc) is 2.51. The number of aromatic nitrogens is 1. The van der Waals surface area contributed by atoms with Crippen LogP contribution in [0.25, 0.3) is 10.9 Å². The third-order valence-corrected chi connectivity index (χ3v) is 3.45. The summed E-state index contributed by atoms with van der Waals surface area (Å²) in [5.74, 6) is -0.287. The van der Waals surface area contributed by atoms with Gasteiger partial charge in [-0.3, -0.25) is 4.98 Å². The van der Waals surface area contributed by atoms with Crippen molar-refractivity contribution in [2.75, 3.05) is 6.61 Å². The van der Waals surface area contributed by atoms with E-state index in [4.69, 9.17) is 4.74 Å². The molecule has 4 nitrogen and oxygen atoms in total. The molecule has 1 heterocycles. The maximum absolute atomic E-state index is 12.1. The molecule has 0 saturated heterocycles. The summed E-state index contributed by atoms with van der Waals surface area (Å²) in [5, 5.41) is 10.4. The molecule has 0 amide bonds. The first-order chi connectivity index (χ1) is 10.2. The Morgan fingerprint density at radius 1 is 1.19 bits per heavy atom. The van der Waals surface area contributed by atoms with E-state index in [1.54, 1.807) is 24.4 Å². The molecule has 0 aliphatic heterocycles. The van der Waals surface area contributed by atoms with E-state index in [9.17, 15) is 9.90 Å². The SMILES string of the molecule is CCCCCCCOC(=O)c1ccc(O)c2ncccc12. The fourth-order valence-corrected chi connectivity index (χ4v) is 2.28. The van der Waals surface area contributed by atoms with Crippen LogP contribution in [0.1, 0.15) is 49.4 Å².